The maximum Gasteiger partial charge on any atom is 0.273 e. The summed E-state index contributed by atoms with van der Waals surface area (Å²) in [7, 11) is 0. The highest BCUT2D eigenvalue weighted by Crippen LogP contribution is 2.15. The smallest absolute Gasteiger partial charge is 0.273 e. The number of nitrogens with zero attached hydrogens (tertiary/aromatic N) is 1. The van der Waals surface area contributed by atoms with Crippen LogP contribution in [0.25, 0.3) is 0 Å². The summed E-state index contributed by atoms with van der Waals surface area (Å²) >= 11 is 0. The SMILES string of the molecule is CC(=O)c1c[nH]c(C(=O)Nc2n[nH]c(C)c2C)c1. The summed E-state index contributed by atoms with van der Waals surface area (Å²) in [6, 6.07) is 1.52. The first-order valence-electron chi connectivity index (χ1n) is 5.51. The van der Waals surface area contributed by atoms with Gasteiger partial charge in [-0.15, -0.1) is 0 Å². The second kappa shape index (κ2) is 4.48. The fraction of sp³-hybridized carbons (Fsp3) is 0.250. The van der Waals surface area contributed by atoms with Crippen LogP contribution >= 0.6 is 0 Å². The predicted octanol–water partition coefficient (Wildman–Crippen LogP) is 1.81. The number of nitrogens with one attached hydrogen (secondary N) is 3. The van der Waals surface area contributed by atoms with Gasteiger partial charge in [-0.3, -0.25) is 14.7 Å². The number of aromatic nitrogens is 3. The minimum Gasteiger partial charge on any atom is -0.356 e. The van der Waals surface area contributed by atoms with Crippen LogP contribution in [0.4, 0.5) is 5.82 Å². The van der Waals surface area contributed by atoms with E-state index in [9.17, 15) is 9.59 Å². The van der Waals surface area contributed by atoms with Crippen LogP contribution in [0.2, 0.25) is 0 Å². The molecule has 2 aromatic heterocycles. The van der Waals surface area contributed by atoms with E-state index < -0.39 is 0 Å². The summed E-state index contributed by atoms with van der Waals surface area (Å²) in [6.07, 6.45) is 1.51. The Labute approximate surface area is 104 Å². The molecule has 0 aliphatic carbocycles. The first-order chi connectivity index (χ1) is 8.49. The molecule has 0 spiro atoms. The van der Waals surface area contributed by atoms with Crippen molar-refractivity contribution in [2.24, 2.45) is 0 Å². The molecular formula is C12H14N4O2. The molecule has 94 valence electrons. The summed E-state index contributed by atoms with van der Waals surface area (Å²) < 4.78 is 0. The van der Waals surface area contributed by atoms with Gasteiger partial charge in [0, 0.05) is 23.0 Å². The van der Waals surface area contributed by atoms with Crippen molar-refractivity contribution in [2.75, 3.05) is 5.32 Å². The summed E-state index contributed by atoms with van der Waals surface area (Å²) in [5.74, 6) is 0.0886. The highest BCUT2D eigenvalue weighted by Gasteiger charge is 2.13. The summed E-state index contributed by atoms with van der Waals surface area (Å²) in [4.78, 5) is 25.8. The highest BCUT2D eigenvalue weighted by molar-refractivity contribution is 6.05. The van der Waals surface area contributed by atoms with Crippen molar-refractivity contribution in [3.8, 4) is 0 Å². The molecule has 18 heavy (non-hydrogen) atoms. The number of carbonyl (C=O) groups excluding carboxylic acids is 2. The minimum atomic E-state index is -0.322. The number of H-pyrrole nitrogens is 2. The topological polar surface area (TPSA) is 90.6 Å². The Bertz CT molecular complexity index is 609. The van der Waals surface area contributed by atoms with Crippen molar-refractivity contribution in [1.29, 1.82) is 0 Å². The van der Waals surface area contributed by atoms with E-state index in [0.29, 0.717) is 17.1 Å². The van der Waals surface area contributed by atoms with Gasteiger partial charge in [0.25, 0.3) is 5.91 Å². The van der Waals surface area contributed by atoms with Crippen molar-refractivity contribution in [3.63, 3.8) is 0 Å². The van der Waals surface area contributed by atoms with Crippen molar-refractivity contribution in [3.05, 3.63) is 34.8 Å². The van der Waals surface area contributed by atoms with Gasteiger partial charge in [0.05, 0.1) is 0 Å². The van der Waals surface area contributed by atoms with Gasteiger partial charge in [-0.1, -0.05) is 0 Å². The lowest BCUT2D eigenvalue weighted by atomic mass is 10.2. The number of amides is 1. The van der Waals surface area contributed by atoms with E-state index in [4.69, 9.17) is 0 Å². The number of hydrogen-bond acceptors (Lipinski definition) is 3. The maximum absolute atomic E-state index is 11.9. The number of hydrogen-bond donors (Lipinski definition) is 3. The minimum absolute atomic E-state index is 0.0860. The van der Waals surface area contributed by atoms with Crippen LogP contribution in [0.5, 0.6) is 0 Å². The highest BCUT2D eigenvalue weighted by atomic mass is 16.2. The van der Waals surface area contributed by atoms with E-state index in [1.54, 1.807) is 0 Å². The van der Waals surface area contributed by atoms with Crippen molar-refractivity contribution in [1.82, 2.24) is 15.2 Å². The van der Waals surface area contributed by atoms with Gasteiger partial charge in [-0.05, 0) is 26.8 Å². The molecule has 2 aromatic rings. The molecule has 2 rings (SSSR count). The summed E-state index contributed by atoms with van der Waals surface area (Å²) in [5.41, 5.74) is 2.61. The second-order valence-corrected chi connectivity index (χ2v) is 4.13. The first kappa shape index (κ1) is 12.1. The Morgan fingerprint density at radius 3 is 2.56 bits per heavy atom. The molecule has 0 atom stereocenters. The van der Waals surface area contributed by atoms with Crippen LogP contribution < -0.4 is 5.32 Å². The van der Waals surface area contributed by atoms with Gasteiger partial charge >= 0.3 is 0 Å². The molecular weight excluding hydrogens is 232 g/mol. The Morgan fingerprint density at radius 1 is 1.33 bits per heavy atom. The first-order valence-corrected chi connectivity index (χ1v) is 5.51. The van der Waals surface area contributed by atoms with Crippen LogP contribution in [0.15, 0.2) is 12.3 Å². The lowest BCUT2D eigenvalue weighted by Crippen LogP contribution is -2.13. The third-order valence-electron chi connectivity index (χ3n) is 2.82. The summed E-state index contributed by atoms with van der Waals surface area (Å²) in [6.45, 7) is 5.19. The molecule has 0 saturated carbocycles. The molecule has 0 aromatic carbocycles. The van der Waals surface area contributed by atoms with Crippen LogP contribution in [-0.4, -0.2) is 26.9 Å². The van der Waals surface area contributed by atoms with Gasteiger partial charge in [0.2, 0.25) is 0 Å². The number of ketones is 1. The third-order valence-corrected chi connectivity index (χ3v) is 2.82. The third kappa shape index (κ3) is 2.17. The van der Waals surface area contributed by atoms with Crippen LogP contribution in [0.3, 0.4) is 0 Å². The largest absolute Gasteiger partial charge is 0.356 e. The fourth-order valence-electron chi connectivity index (χ4n) is 1.51. The Morgan fingerprint density at radius 2 is 2.06 bits per heavy atom. The van der Waals surface area contributed by atoms with E-state index in [-0.39, 0.29) is 11.7 Å². The average molecular weight is 246 g/mol. The molecule has 1 amide bonds. The van der Waals surface area contributed by atoms with Gasteiger partial charge in [0.15, 0.2) is 11.6 Å². The molecule has 0 bridgehead atoms. The monoisotopic (exact) mass is 246 g/mol. The number of aromatic amines is 2. The Balaban J connectivity index is 2.17. The number of Topliss-reactive ketones (excluding diaryl/α,β-unsaturated/α-hetero) is 1. The molecule has 0 radical (unpaired) electrons. The van der Waals surface area contributed by atoms with Crippen LogP contribution in [-0.2, 0) is 0 Å². The zero-order chi connectivity index (χ0) is 13.3. The second-order valence-electron chi connectivity index (χ2n) is 4.13. The number of aryl methyl sites for hydroxylation is 1. The van der Waals surface area contributed by atoms with E-state index in [2.05, 4.69) is 20.5 Å². The van der Waals surface area contributed by atoms with Gasteiger partial charge in [-0.2, -0.15) is 5.10 Å². The molecule has 6 heteroatoms. The molecule has 6 nitrogen and oxygen atoms in total. The van der Waals surface area contributed by atoms with Crippen molar-refractivity contribution < 1.29 is 9.59 Å². The van der Waals surface area contributed by atoms with E-state index in [0.717, 1.165) is 11.3 Å². The van der Waals surface area contributed by atoms with Crippen LogP contribution in [0, 0.1) is 13.8 Å². The lowest BCUT2D eigenvalue weighted by Gasteiger charge is -2.00. The quantitative estimate of drug-likeness (QED) is 0.721. The maximum atomic E-state index is 11.9. The Hall–Kier alpha value is -2.37. The van der Waals surface area contributed by atoms with Gasteiger partial charge in [-0.25, -0.2) is 0 Å². The zero-order valence-electron chi connectivity index (χ0n) is 10.4. The van der Waals surface area contributed by atoms with Crippen molar-refractivity contribution >= 4 is 17.5 Å². The fourth-order valence-corrected chi connectivity index (χ4v) is 1.51. The number of carbonyl (C=O) groups is 2. The molecule has 0 aliphatic heterocycles. The van der Waals surface area contributed by atoms with Crippen LogP contribution in [0.1, 0.15) is 39.0 Å². The van der Waals surface area contributed by atoms with E-state index in [1.165, 1.54) is 19.2 Å². The van der Waals surface area contributed by atoms with Gasteiger partial charge < -0.3 is 10.3 Å². The standard InChI is InChI=1S/C12H14N4O2/c1-6-7(2)15-16-11(6)14-12(18)10-4-9(5-13-10)8(3)17/h4-5,13H,1-3H3,(H2,14,15,16,18). The number of rotatable bonds is 3. The lowest BCUT2D eigenvalue weighted by molar-refractivity contribution is 0.101. The zero-order valence-corrected chi connectivity index (χ0v) is 10.4. The molecule has 0 fully saturated rings. The van der Waals surface area contributed by atoms with E-state index in [1.807, 2.05) is 13.8 Å². The Kier molecular flexibility index (Phi) is 3.01. The van der Waals surface area contributed by atoms with Gasteiger partial charge in [0.1, 0.15) is 5.69 Å². The normalized spacial score (nSPS) is 10.4. The predicted molar refractivity (Wildman–Crippen MR) is 66.8 cm³/mol. The summed E-state index contributed by atoms with van der Waals surface area (Å²) in [5, 5.41) is 9.45. The molecule has 2 heterocycles. The van der Waals surface area contributed by atoms with Crippen molar-refractivity contribution in [2.45, 2.75) is 20.8 Å². The molecule has 0 unspecified atom stereocenters. The average Bonchev–Trinajstić information content (AvgIpc) is 2.91. The molecule has 0 aliphatic rings. The number of anilines is 1. The molecule has 0 saturated heterocycles. The van der Waals surface area contributed by atoms with E-state index >= 15 is 0 Å². The molecule has 3 N–H and O–H groups in total.